The molecule has 2 heterocycles. The summed E-state index contributed by atoms with van der Waals surface area (Å²) in [6.45, 7) is 4.47. The topological polar surface area (TPSA) is 59.2 Å². The third kappa shape index (κ3) is 4.91. The number of nitrogens with two attached hydrogens (primary N) is 1. The Morgan fingerprint density at radius 3 is 2.84 bits per heavy atom. The van der Waals surface area contributed by atoms with Crippen LogP contribution in [0.4, 0.5) is 0 Å². The number of amides is 1. The number of thiazole rings is 1. The van der Waals surface area contributed by atoms with Crippen LogP contribution in [0.25, 0.3) is 0 Å². The summed E-state index contributed by atoms with van der Waals surface area (Å²) in [4.78, 5) is 18.1. The highest BCUT2D eigenvalue weighted by Gasteiger charge is 2.34. The van der Waals surface area contributed by atoms with Crippen molar-refractivity contribution in [2.75, 3.05) is 19.6 Å². The molecule has 1 saturated heterocycles. The van der Waals surface area contributed by atoms with E-state index in [9.17, 15) is 4.79 Å². The number of nitrogens with zero attached hydrogens (tertiary/aromatic N) is 2. The van der Waals surface area contributed by atoms with E-state index in [1.54, 1.807) is 17.5 Å². The van der Waals surface area contributed by atoms with E-state index in [-0.39, 0.29) is 36.1 Å². The molecule has 0 aliphatic carbocycles. The average molecular weight is 326 g/mol. The molecule has 1 amide bonds. The van der Waals surface area contributed by atoms with Gasteiger partial charge in [-0.1, -0.05) is 6.92 Å². The number of aromatic nitrogens is 1. The lowest BCUT2D eigenvalue weighted by Crippen LogP contribution is -2.34. The van der Waals surface area contributed by atoms with E-state index in [2.05, 4.69) is 11.9 Å². The fraction of sp³-hybridized carbons (Fsp3) is 0.667. The molecule has 1 unspecified atom stereocenters. The molecule has 1 aromatic rings. The molecule has 2 N–H and O–H groups in total. The van der Waals surface area contributed by atoms with Gasteiger partial charge in [-0.25, -0.2) is 4.98 Å². The first-order valence-electron chi connectivity index (χ1n) is 5.99. The highest BCUT2D eigenvalue weighted by molar-refractivity contribution is 7.09. The molecule has 7 heteroatoms. The van der Waals surface area contributed by atoms with Crippen LogP contribution in [-0.4, -0.2) is 35.4 Å². The van der Waals surface area contributed by atoms with Gasteiger partial charge in [0.15, 0.2) is 0 Å². The standard InChI is InChI=1S/C12H19N3OS.2ClH/c1-12(8-13)4-6-15(9-12)11(16)3-2-10-14-5-7-17-10;;/h5,7H,2-4,6,8-9,13H2,1H3;2*1H. The van der Waals surface area contributed by atoms with Crippen LogP contribution in [0.15, 0.2) is 11.6 Å². The Morgan fingerprint density at radius 2 is 2.32 bits per heavy atom. The molecule has 0 radical (unpaired) electrons. The second-order valence-electron chi connectivity index (χ2n) is 5.01. The van der Waals surface area contributed by atoms with Crippen molar-refractivity contribution in [2.24, 2.45) is 11.1 Å². The van der Waals surface area contributed by atoms with Gasteiger partial charge in [0, 0.05) is 37.5 Å². The quantitative estimate of drug-likeness (QED) is 0.922. The Hall–Kier alpha value is -0.360. The van der Waals surface area contributed by atoms with E-state index < -0.39 is 0 Å². The smallest absolute Gasteiger partial charge is 0.223 e. The van der Waals surface area contributed by atoms with Crippen LogP contribution in [0.1, 0.15) is 24.8 Å². The third-order valence-corrected chi connectivity index (χ3v) is 4.28. The van der Waals surface area contributed by atoms with Gasteiger partial charge in [-0.3, -0.25) is 4.79 Å². The molecule has 1 aliphatic heterocycles. The Kier molecular flexibility index (Phi) is 7.89. The summed E-state index contributed by atoms with van der Waals surface area (Å²) in [5, 5.41) is 2.99. The molecule has 1 fully saturated rings. The number of likely N-dealkylation sites (tertiary alicyclic amines) is 1. The Labute approximate surface area is 130 Å². The van der Waals surface area contributed by atoms with Crippen LogP contribution in [0, 0.1) is 5.41 Å². The van der Waals surface area contributed by atoms with E-state index in [0.29, 0.717) is 13.0 Å². The summed E-state index contributed by atoms with van der Waals surface area (Å²) in [6.07, 6.45) is 4.12. The molecule has 0 spiro atoms. The van der Waals surface area contributed by atoms with Crippen molar-refractivity contribution in [1.82, 2.24) is 9.88 Å². The van der Waals surface area contributed by atoms with E-state index in [4.69, 9.17) is 5.73 Å². The molecule has 110 valence electrons. The first-order chi connectivity index (χ1) is 8.13. The Morgan fingerprint density at radius 1 is 1.58 bits per heavy atom. The third-order valence-electron chi connectivity index (χ3n) is 3.44. The zero-order chi connectivity index (χ0) is 12.3. The first kappa shape index (κ1) is 18.6. The van der Waals surface area contributed by atoms with Crippen molar-refractivity contribution in [3.8, 4) is 0 Å². The summed E-state index contributed by atoms with van der Waals surface area (Å²) >= 11 is 1.61. The zero-order valence-corrected chi connectivity index (χ0v) is 13.5. The normalized spacial score (nSPS) is 21.7. The molecule has 19 heavy (non-hydrogen) atoms. The van der Waals surface area contributed by atoms with Crippen LogP contribution in [-0.2, 0) is 11.2 Å². The number of halogens is 2. The summed E-state index contributed by atoms with van der Waals surface area (Å²) in [5.41, 5.74) is 5.86. The van der Waals surface area contributed by atoms with E-state index >= 15 is 0 Å². The van der Waals surface area contributed by atoms with Crippen LogP contribution in [0.3, 0.4) is 0 Å². The van der Waals surface area contributed by atoms with Crippen molar-refractivity contribution in [2.45, 2.75) is 26.2 Å². The van der Waals surface area contributed by atoms with Crippen molar-refractivity contribution in [3.63, 3.8) is 0 Å². The second kappa shape index (κ2) is 8.04. The molecule has 1 aromatic heterocycles. The van der Waals surface area contributed by atoms with Gasteiger partial charge in [0.2, 0.25) is 5.91 Å². The lowest BCUT2D eigenvalue weighted by molar-refractivity contribution is -0.130. The number of carbonyl (C=O) groups is 1. The maximum Gasteiger partial charge on any atom is 0.223 e. The molecule has 0 saturated carbocycles. The molecule has 4 nitrogen and oxygen atoms in total. The molecular formula is C12H21Cl2N3OS. The first-order valence-corrected chi connectivity index (χ1v) is 6.87. The van der Waals surface area contributed by atoms with Crippen LogP contribution in [0.2, 0.25) is 0 Å². The number of carbonyl (C=O) groups excluding carboxylic acids is 1. The number of hydrogen-bond acceptors (Lipinski definition) is 4. The highest BCUT2D eigenvalue weighted by atomic mass is 35.5. The van der Waals surface area contributed by atoms with Crippen molar-refractivity contribution < 1.29 is 4.79 Å². The average Bonchev–Trinajstić information content (AvgIpc) is 2.96. The highest BCUT2D eigenvalue weighted by Crippen LogP contribution is 2.28. The van der Waals surface area contributed by atoms with Gasteiger partial charge in [-0.15, -0.1) is 36.2 Å². The number of aryl methyl sites for hydroxylation is 1. The lowest BCUT2D eigenvalue weighted by atomic mass is 9.90. The van der Waals surface area contributed by atoms with Gasteiger partial charge in [-0.2, -0.15) is 0 Å². The van der Waals surface area contributed by atoms with Gasteiger partial charge in [0.25, 0.3) is 0 Å². The zero-order valence-electron chi connectivity index (χ0n) is 11.0. The van der Waals surface area contributed by atoms with Gasteiger partial charge >= 0.3 is 0 Å². The van der Waals surface area contributed by atoms with Crippen molar-refractivity contribution >= 4 is 42.1 Å². The van der Waals surface area contributed by atoms with Crippen molar-refractivity contribution in [1.29, 1.82) is 0 Å². The second-order valence-corrected chi connectivity index (χ2v) is 5.99. The molecule has 0 bridgehead atoms. The van der Waals surface area contributed by atoms with Gasteiger partial charge in [-0.05, 0) is 18.4 Å². The van der Waals surface area contributed by atoms with Crippen LogP contribution in [0.5, 0.6) is 0 Å². The van der Waals surface area contributed by atoms with Gasteiger partial charge < -0.3 is 10.6 Å². The largest absolute Gasteiger partial charge is 0.342 e. The van der Waals surface area contributed by atoms with E-state index in [0.717, 1.165) is 30.9 Å². The SMILES string of the molecule is CC1(CN)CCN(C(=O)CCc2nccs2)C1.Cl.Cl. The number of hydrogen-bond donors (Lipinski definition) is 1. The van der Waals surface area contributed by atoms with Crippen molar-refractivity contribution in [3.05, 3.63) is 16.6 Å². The van der Waals surface area contributed by atoms with E-state index in [1.807, 2.05) is 10.3 Å². The molecular weight excluding hydrogens is 305 g/mol. The molecule has 2 rings (SSSR count). The summed E-state index contributed by atoms with van der Waals surface area (Å²) in [7, 11) is 0. The molecule has 0 aromatic carbocycles. The molecule has 1 aliphatic rings. The van der Waals surface area contributed by atoms with Crippen LogP contribution < -0.4 is 5.73 Å². The predicted molar refractivity (Wildman–Crippen MR) is 83.3 cm³/mol. The predicted octanol–water partition coefficient (Wildman–Crippen LogP) is 2.12. The minimum Gasteiger partial charge on any atom is -0.342 e. The summed E-state index contributed by atoms with van der Waals surface area (Å²) in [6, 6.07) is 0. The fourth-order valence-electron chi connectivity index (χ4n) is 2.15. The summed E-state index contributed by atoms with van der Waals surface area (Å²) in [5.74, 6) is 0.234. The maximum atomic E-state index is 12.0. The Bertz CT molecular complexity index is 388. The fourth-order valence-corrected chi connectivity index (χ4v) is 2.77. The summed E-state index contributed by atoms with van der Waals surface area (Å²) < 4.78 is 0. The monoisotopic (exact) mass is 325 g/mol. The molecule has 1 atom stereocenters. The van der Waals surface area contributed by atoms with Gasteiger partial charge in [0.1, 0.15) is 0 Å². The minimum absolute atomic E-state index is 0. The Balaban J connectivity index is 0.00000162. The lowest BCUT2D eigenvalue weighted by Gasteiger charge is -2.22. The van der Waals surface area contributed by atoms with Gasteiger partial charge in [0.05, 0.1) is 5.01 Å². The maximum absolute atomic E-state index is 12.0. The van der Waals surface area contributed by atoms with E-state index in [1.165, 1.54) is 0 Å². The number of rotatable bonds is 4. The minimum atomic E-state index is 0. The van der Waals surface area contributed by atoms with Crippen LogP contribution >= 0.6 is 36.2 Å².